The van der Waals surface area contributed by atoms with Crippen LogP contribution in [0.25, 0.3) is 11.4 Å². The van der Waals surface area contributed by atoms with Gasteiger partial charge in [0.25, 0.3) is 0 Å². The highest BCUT2D eigenvalue weighted by Crippen LogP contribution is 2.59. The van der Waals surface area contributed by atoms with Gasteiger partial charge >= 0.3 is 15.2 Å². The molecule has 0 spiro atoms. The van der Waals surface area contributed by atoms with E-state index in [0.717, 1.165) is 11.5 Å². The number of nitrogens with one attached hydrogen (secondary N) is 1. The lowest BCUT2D eigenvalue weighted by molar-refractivity contribution is 0.343. The van der Waals surface area contributed by atoms with E-state index in [-0.39, 0.29) is 5.13 Å². The maximum Gasteiger partial charge on any atom is 0.360 e. The highest BCUT2D eigenvalue weighted by molar-refractivity contribution is 7.71. The molecule has 9 nitrogen and oxygen atoms in total. The number of rotatable bonds is 5. The lowest BCUT2D eigenvalue weighted by Gasteiger charge is -2.19. The molecule has 0 amide bonds. The molecule has 1 aromatic carbocycles. The van der Waals surface area contributed by atoms with Crippen LogP contribution in [-0.2, 0) is 9.13 Å². The summed E-state index contributed by atoms with van der Waals surface area (Å²) in [5, 5.41) is 1.98. The molecule has 0 fully saturated rings. The van der Waals surface area contributed by atoms with Crippen molar-refractivity contribution >= 4 is 31.9 Å². The van der Waals surface area contributed by atoms with Crippen molar-refractivity contribution in [2.45, 2.75) is 5.52 Å². The third kappa shape index (κ3) is 4.18. The SMILES string of the molecule is O=P(O)(O)C(Nc1nc(-c2ccccc2)ns1)P(=O)(O)O. The second-order valence-electron chi connectivity index (χ2n) is 3.99. The van der Waals surface area contributed by atoms with Gasteiger partial charge in [-0.15, -0.1) is 0 Å². The molecule has 1 heterocycles. The third-order valence-electron chi connectivity index (χ3n) is 2.35. The van der Waals surface area contributed by atoms with Gasteiger partial charge in [-0.25, -0.2) is 0 Å². The number of benzene rings is 1. The zero-order chi connectivity index (χ0) is 15.7. The molecule has 12 heteroatoms. The van der Waals surface area contributed by atoms with E-state index in [1.54, 1.807) is 30.3 Å². The van der Waals surface area contributed by atoms with E-state index in [4.69, 9.17) is 19.6 Å². The molecule has 21 heavy (non-hydrogen) atoms. The van der Waals surface area contributed by atoms with Gasteiger partial charge in [0.1, 0.15) is 0 Å². The number of hydrogen-bond acceptors (Lipinski definition) is 6. The van der Waals surface area contributed by atoms with Crippen LogP contribution in [0.3, 0.4) is 0 Å². The van der Waals surface area contributed by atoms with Crippen LogP contribution in [0.15, 0.2) is 30.3 Å². The Kier molecular flexibility index (Phi) is 4.60. The monoisotopic (exact) mass is 351 g/mol. The Morgan fingerprint density at radius 1 is 1.05 bits per heavy atom. The Bertz CT molecular complexity index is 689. The van der Waals surface area contributed by atoms with Crippen molar-refractivity contribution in [2.24, 2.45) is 0 Å². The molecule has 0 radical (unpaired) electrons. The highest BCUT2D eigenvalue weighted by atomic mass is 32.1. The summed E-state index contributed by atoms with van der Waals surface area (Å²) in [5.74, 6) is 0.290. The predicted molar refractivity (Wildman–Crippen MR) is 76.8 cm³/mol. The van der Waals surface area contributed by atoms with E-state index in [0.29, 0.717) is 11.4 Å². The minimum absolute atomic E-state index is 0.0921. The average Bonchev–Trinajstić information content (AvgIpc) is 2.83. The normalized spacial score (nSPS) is 12.6. The van der Waals surface area contributed by atoms with Crippen LogP contribution >= 0.6 is 26.7 Å². The zero-order valence-electron chi connectivity index (χ0n) is 10.3. The summed E-state index contributed by atoms with van der Waals surface area (Å²) in [6.07, 6.45) is 0. The van der Waals surface area contributed by atoms with Gasteiger partial charge in [0.05, 0.1) is 0 Å². The van der Waals surface area contributed by atoms with Crippen molar-refractivity contribution in [3.8, 4) is 11.4 Å². The molecular formula is C9H11N3O6P2S. The summed E-state index contributed by atoms with van der Waals surface area (Å²) < 4.78 is 26.3. The van der Waals surface area contributed by atoms with Gasteiger partial charge < -0.3 is 24.9 Å². The molecule has 5 N–H and O–H groups in total. The van der Waals surface area contributed by atoms with Crippen LogP contribution in [0.2, 0.25) is 0 Å². The molecule has 0 aliphatic carbocycles. The summed E-state index contributed by atoms with van der Waals surface area (Å²) in [4.78, 5) is 40.0. The summed E-state index contributed by atoms with van der Waals surface area (Å²) in [6, 6.07) is 8.78. The number of aromatic nitrogens is 2. The zero-order valence-corrected chi connectivity index (χ0v) is 12.9. The second kappa shape index (κ2) is 5.94. The van der Waals surface area contributed by atoms with Crippen molar-refractivity contribution in [2.75, 3.05) is 5.32 Å². The molecule has 0 aliphatic rings. The van der Waals surface area contributed by atoms with Crippen molar-refractivity contribution in [3.63, 3.8) is 0 Å². The van der Waals surface area contributed by atoms with Crippen LogP contribution in [-0.4, -0.2) is 34.5 Å². The van der Waals surface area contributed by atoms with Crippen LogP contribution in [0.4, 0.5) is 5.13 Å². The fourth-order valence-electron chi connectivity index (χ4n) is 1.46. The Hall–Kier alpha value is -1.12. The number of anilines is 1. The fraction of sp³-hybridized carbons (Fsp3) is 0.111. The topological polar surface area (TPSA) is 153 Å². The van der Waals surface area contributed by atoms with Gasteiger partial charge in [-0.1, -0.05) is 30.3 Å². The molecule has 0 bridgehead atoms. The Morgan fingerprint density at radius 2 is 1.62 bits per heavy atom. The highest BCUT2D eigenvalue weighted by Gasteiger charge is 2.44. The van der Waals surface area contributed by atoms with E-state index in [9.17, 15) is 9.13 Å². The molecule has 0 saturated heterocycles. The van der Waals surface area contributed by atoms with Crippen molar-refractivity contribution in [3.05, 3.63) is 30.3 Å². The minimum Gasteiger partial charge on any atom is -0.336 e. The first-order valence-electron chi connectivity index (χ1n) is 5.44. The van der Waals surface area contributed by atoms with E-state index in [1.165, 1.54) is 0 Å². The van der Waals surface area contributed by atoms with E-state index in [2.05, 4.69) is 14.7 Å². The van der Waals surface area contributed by atoms with Crippen LogP contribution in [0.5, 0.6) is 0 Å². The van der Waals surface area contributed by atoms with Gasteiger partial charge in [-0.05, 0) is 0 Å². The van der Waals surface area contributed by atoms with Crippen LogP contribution in [0, 0.1) is 0 Å². The first-order valence-corrected chi connectivity index (χ1v) is 9.57. The van der Waals surface area contributed by atoms with Gasteiger partial charge in [0.2, 0.25) is 10.7 Å². The Balaban J connectivity index is 2.26. The van der Waals surface area contributed by atoms with E-state index in [1.807, 2.05) is 0 Å². The van der Waals surface area contributed by atoms with Crippen LogP contribution in [0.1, 0.15) is 0 Å². The molecule has 0 aliphatic heterocycles. The second-order valence-corrected chi connectivity index (χ2v) is 8.53. The number of nitrogens with zero attached hydrogens (tertiary/aromatic N) is 2. The summed E-state index contributed by atoms with van der Waals surface area (Å²) in [7, 11) is -10.1. The molecule has 0 atom stereocenters. The van der Waals surface area contributed by atoms with Gasteiger partial charge in [-0.2, -0.15) is 9.36 Å². The van der Waals surface area contributed by atoms with Gasteiger partial charge in [0.15, 0.2) is 5.82 Å². The first-order chi connectivity index (χ1) is 9.68. The standard InChI is InChI=1S/C9H11N3O6P2S/c13-19(14,15)9(20(16,17)18)11-8-10-7(12-21-8)6-4-2-1-3-5-6/h1-5,9H,(H,10,11,12)(H2,13,14,15)(H2,16,17,18). The minimum atomic E-state index is -5.06. The molecular weight excluding hydrogens is 340 g/mol. The lowest BCUT2D eigenvalue weighted by Crippen LogP contribution is -2.19. The maximum atomic E-state index is 11.2. The predicted octanol–water partition coefficient (Wildman–Crippen LogP) is 1.26. The van der Waals surface area contributed by atoms with Crippen LogP contribution < -0.4 is 5.32 Å². The summed E-state index contributed by atoms with van der Waals surface area (Å²) >= 11 is 0.746. The largest absolute Gasteiger partial charge is 0.360 e. The average molecular weight is 351 g/mol. The molecule has 0 unspecified atom stereocenters. The smallest absolute Gasteiger partial charge is 0.336 e. The summed E-state index contributed by atoms with van der Waals surface area (Å²) in [6.45, 7) is 0. The fourth-order valence-corrected chi connectivity index (χ4v) is 4.40. The van der Waals surface area contributed by atoms with Crippen molar-refractivity contribution < 1.29 is 28.7 Å². The summed E-state index contributed by atoms with van der Waals surface area (Å²) in [5.41, 5.74) is -1.67. The molecule has 0 saturated carbocycles. The Labute approximate surface area is 123 Å². The van der Waals surface area contributed by atoms with Crippen molar-refractivity contribution in [1.82, 2.24) is 9.36 Å². The van der Waals surface area contributed by atoms with Gasteiger partial charge in [-0.3, -0.25) is 9.13 Å². The van der Waals surface area contributed by atoms with E-state index >= 15 is 0 Å². The molecule has 114 valence electrons. The molecule has 2 aromatic rings. The maximum absolute atomic E-state index is 11.2. The van der Waals surface area contributed by atoms with Gasteiger partial charge in [0, 0.05) is 17.1 Å². The lowest BCUT2D eigenvalue weighted by atomic mass is 10.2. The van der Waals surface area contributed by atoms with Crippen molar-refractivity contribution in [1.29, 1.82) is 0 Å². The third-order valence-corrected chi connectivity index (χ3v) is 6.33. The Morgan fingerprint density at radius 3 is 2.14 bits per heavy atom. The first kappa shape index (κ1) is 16.3. The molecule has 2 rings (SSSR count). The number of hydrogen-bond donors (Lipinski definition) is 5. The quantitative estimate of drug-likeness (QED) is 0.501. The molecule has 1 aromatic heterocycles. The van der Waals surface area contributed by atoms with E-state index < -0.39 is 20.7 Å².